The minimum Gasteiger partial charge on any atom is -0.507 e. The first-order chi connectivity index (χ1) is 8.45. The van der Waals surface area contributed by atoms with Crippen molar-refractivity contribution in [3.8, 4) is 5.75 Å². The molecule has 1 heterocycles. The van der Waals surface area contributed by atoms with Gasteiger partial charge in [-0.15, -0.1) is 0 Å². The van der Waals surface area contributed by atoms with Gasteiger partial charge in [0.25, 0.3) is 0 Å². The molecule has 1 fully saturated rings. The van der Waals surface area contributed by atoms with Crippen LogP contribution in [0.3, 0.4) is 0 Å². The van der Waals surface area contributed by atoms with E-state index in [2.05, 4.69) is 11.9 Å². The van der Waals surface area contributed by atoms with E-state index in [1.165, 1.54) is 0 Å². The smallest absolute Gasteiger partial charge is 0.121 e. The summed E-state index contributed by atoms with van der Waals surface area (Å²) in [5.41, 5.74) is 8.54. The molecule has 1 aliphatic heterocycles. The molecule has 0 aromatic heterocycles. The summed E-state index contributed by atoms with van der Waals surface area (Å²) in [5, 5.41) is 10.8. The Balaban J connectivity index is 2.43. The highest BCUT2D eigenvalue weighted by Gasteiger charge is 2.32. The van der Waals surface area contributed by atoms with Gasteiger partial charge in [-0.2, -0.15) is 0 Å². The molecule has 0 radical (unpaired) electrons. The second-order valence-electron chi connectivity index (χ2n) is 5.36. The highest BCUT2D eigenvalue weighted by Crippen LogP contribution is 2.42. The fourth-order valence-electron chi connectivity index (χ4n) is 2.96. The van der Waals surface area contributed by atoms with E-state index < -0.39 is 0 Å². The molecule has 1 aromatic carbocycles. The van der Waals surface area contributed by atoms with Gasteiger partial charge in [0.1, 0.15) is 5.75 Å². The zero-order chi connectivity index (χ0) is 13.4. The highest BCUT2D eigenvalue weighted by atomic mass is 35.5. The second-order valence-corrected chi connectivity index (χ2v) is 5.76. The predicted molar refractivity (Wildman–Crippen MR) is 75.1 cm³/mol. The van der Waals surface area contributed by atoms with Crippen molar-refractivity contribution in [2.75, 3.05) is 20.1 Å². The zero-order valence-corrected chi connectivity index (χ0v) is 12.0. The number of benzene rings is 1. The molecule has 0 spiro atoms. The molecular weight excluding hydrogens is 248 g/mol. The average Bonchev–Trinajstić information content (AvgIpc) is 2.68. The molecule has 18 heavy (non-hydrogen) atoms. The van der Waals surface area contributed by atoms with Gasteiger partial charge in [0.15, 0.2) is 0 Å². The lowest BCUT2D eigenvalue weighted by atomic mass is 9.94. The van der Waals surface area contributed by atoms with Gasteiger partial charge < -0.3 is 10.8 Å². The third-order valence-corrected chi connectivity index (χ3v) is 4.35. The number of likely N-dealkylation sites (tertiary alicyclic amines) is 1. The van der Waals surface area contributed by atoms with E-state index >= 15 is 0 Å². The molecule has 1 aliphatic rings. The molecule has 2 atom stereocenters. The Morgan fingerprint density at radius 2 is 2.17 bits per heavy atom. The predicted octanol–water partition coefficient (Wildman–Crippen LogP) is 2.61. The first-order valence-corrected chi connectivity index (χ1v) is 6.72. The molecule has 0 saturated carbocycles. The summed E-state index contributed by atoms with van der Waals surface area (Å²) in [6.07, 6.45) is 1.01. The number of rotatable bonds is 2. The van der Waals surface area contributed by atoms with Crippen LogP contribution in [0.1, 0.15) is 29.2 Å². The third kappa shape index (κ3) is 2.22. The van der Waals surface area contributed by atoms with Gasteiger partial charge in [0.05, 0.1) is 0 Å². The van der Waals surface area contributed by atoms with Crippen LogP contribution in [0.25, 0.3) is 0 Å². The van der Waals surface area contributed by atoms with Gasteiger partial charge in [-0.25, -0.2) is 0 Å². The third-order valence-electron chi connectivity index (χ3n) is 4.03. The van der Waals surface area contributed by atoms with Crippen LogP contribution in [0.5, 0.6) is 5.75 Å². The average molecular weight is 269 g/mol. The van der Waals surface area contributed by atoms with Crippen molar-refractivity contribution in [1.29, 1.82) is 0 Å². The van der Waals surface area contributed by atoms with Crippen LogP contribution < -0.4 is 5.73 Å². The van der Waals surface area contributed by atoms with Crippen molar-refractivity contribution in [3.63, 3.8) is 0 Å². The van der Waals surface area contributed by atoms with Crippen molar-refractivity contribution in [2.24, 2.45) is 11.7 Å². The quantitative estimate of drug-likeness (QED) is 0.867. The fourth-order valence-corrected chi connectivity index (χ4v) is 3.39. The van der Waals surface area contributed by atoms with Gasteiger partial charge in [-0.1, -0.05) is 11.6 Å². The molecule has 3 N–H and O–H groups in total. The van der Waals surface area contributed by atoms with Crippen LogP contribution in [0.15, 0.2) is 6.07 Å². The first-order valence-electron chi connectivity index (χ1n) is 6.34. The molecule has 0 aliphatic carbocycles. The fraction of sp³-hybridized carbons (Fsp3) is 0.571. The van der Waals surface area contributed by atoms with E-state index in [4.69, 9.17) is 17.3 Å². The second kappa shape index (κ2) is 5.08. The zero-order valence-electron chi connectivity index (χ0n) is 11.2. The van der Waals surface area contributed by atoms with Gasteiger partial charge in [-0.05, 0) is 62.5 Å². The van der Waals surface area contributed by atoms with E-state index in [-0.39, 0.29) is 6.04 Å². The SMILES string of the molecule is Cc1cc(Cl)c(C2CC(CN)CN2C)c(C)c1O. The summed E-state index contributed by atoms with van der Waals surface area (Å²) >= 11 is 6.37. The van der Waals surface area contributed by atoms with E-state index in [0.29, 0.717) is 18.2 Å². The van der Waals surface area contributed by atoms with Crippen molar-refractivity contribution in [3.05, 3.63) is 27.8 Å². The van der Waals surface area contributed by atoms with Gasteiger partial charge in [0.2, 0.25) is 0 Å². The first kappa shape index (κ1) is 13.7. The molecule has 4 heteroatoms. The standard InChI is InChI=1S/C14H21ClN2O/c1-8-4-11(15)13(9(2)14(8)18)12-5-10(6-16)7-17(12)3/h4,10,12,18H,5-7,16H2,1-3H3. The Morgan fingerprint density at radius 1 is 1.50 bits per heavy atom. The van der Waals surface area contributed by atoms with Gasteiger partial charge in [0, 0.05) is 17.6 Å². The van der Waals surface area contributed by atoms with Gasteiger partial charge in [-0.3, -0.25) is 4.90 Å². The summed E-state index contributed by atoms with van der Waals surface area (Å²) < 4.78 is 0. The summed E-state index contributed by atoms with van der Waals surface area (Å²) in [7, 11) is 2.09. The number of phenolic OH excluding ortho intramolecular Hbond substituents is 1. The maximum absolute atomic E-state index is 10.1. The monoisotopic (exact) mass is 268 g/mol. The van der Waals surface area contributed by atoms with Crippen LogP contribution in [0.2, 0.25) is 5.02 Å². The van der Waals surface area contributed by atoms with Crippen LogP contribution >= 0.6 is 11.6 Å². The number of aryl methyl sites for hydroxylation is 1. The number of hydrogen-bond donors (Lipinski definition) is 2. The van der Waals surface area contributed by atoms with Gasteiger partial charge >= 0.3 is 0 Å². The molecule has 2 unspecified atom stereocenters. The maximum Gasteiger partial charge on any atom is 0.121 e. The summed E-state index contributed by atoms with van der Waals surface area (Å²) in [6, 6.07) is 2.11. The number of nitrogens with two attached hydrogens (primary N) is 1. The molecule has 2 rings (SSSR count). The topological polar surface area (TPSA) is 49.5 Å². The largest absolute Gasteiger partial charge is 0.507 e. The lowest BCUT2D eigenvalue weighted by molar-refractivity contribution is 0.312. The Kier molecular flexibility index (Phi) is 3.85. The molecule has 1 aromatic rings. The number of nitrogens with zero attached hydrogens (tertiary/aromatic N) is 1. The van der Waals surface area contributed by atoms with Crippen molar-refractivity contribution >= 4 is 11.6 Å². The van der Waals surface area contributed by atoms with Crippen LogP contribution in [0, 0.1) is 19.8 Å². The molecule has 0 amide bonds. The number of aromatic hydroxyl groups is 1. The Hall–Kier alpha value is -0.770. The number of halogens is 1. The lowest BCUT2D eigenvalue weighted by Gasteiger charge is -2.24. The number of hydrogen-bond acceptors (Lipinski definition) is 3. The van der Waals surface area contributed by atoms with E-state index in [9.17, 15) is 5.11 Å². The van der Waals surface area contributed by atoms with E-state index in [0.717, 1.165) is 34.7 Å². The normalized spacial score (nSPS) is 24.7. The Morgan fingerprint density at radius 3 is 2.72 bits per heavy atom. The summed E-state index contributed by atoms with van der Waals surface area (Å²) in [4.78, 5) is 2.28. The van der Waals surface area contributed by atoms with Crippen molar-refractivity contribution in [1.82, 2.24) is 4.90 Å². The van der Waals surface area contributed by atoms with E-state index in [1.807, 2.05) is 19.9 Å². The maximum atomic E-state index is 10.1. The van der Waals surface area contributed by atoms with Crippen LogP contribution in [-0.4, -0.2) is 30.1 Å². The summed E-state index contributed by atoms with van der Waals surface area (Å²) in [5.74, 6) is 0.873. The minimum atomic E-state index is 0.262. The molecule has 100 valence electrons. The molecule has 1 saturated heterocycles. The minimum absolute atomic E-state index is 0.262. The molecule has 3 nitrogen and oxygen atoms in total. The van der Waals surface area contributed by atoms with Crippen molar-refractivity contribution in [2.45, 2.75) is 26.3 Å². The molecular formula is C14H21ClN2O. The van der Waals surface area contributed by atoms with Crippen LogP contribution in [0.4, 0.5) is 0 Å². The van der Waals surface area contributed by atoms with Crippen molar-refractivity contribution < 1.29 is 5.11 Å². The highest BCUT2D eigenvalue weighted by molar-refractivity contribution is 6.31. The van der Waals surface area contributed by atoms with E-state index in [1.54, 1.807) is 0 Å². The lowest BCUT2D eigenvalue weighted by Crippen LogP contribution is -2.21. The number of phenols is 1. The Labute approximate surface area is 114 Å². The molecule has 0 bridgehead atoms. The Bertz CT molecular complexity index is 462. The summed E-state index contributed by atoms with van der Waals surface area (Å²) in [6.45, 7) is 5.51. The van der Waals surface area contributed by atoms with Crippen LogP contribution in [-0.2, 0) is 0 Å².